The van der Waals surface area contributed by atoms with Crippen LogP contribution in [-0.2, 0) is 0 Å². The second kappa shape index (κ2) is 4.11. The van der Waals surface area contributed by atoms with Crippen molar-refractivity contribution in [2.45, 2.75) is 31.8 Å². The maximum Gasteiger partial charge on any atom is 0.0473 e. The molecule has 1 aliphatic rings. The molecule has 0 spiro atoms. The van der Waals surface area contributed by atoms with Gasteiger partial charge in [-0.1, -0.05) is 29.8 Å². The Morgan fingerprint density at radius 3 is 2.64 bits per heavy atom. The van der Waals surface area contributed by atoms with E-state index in [1.807, 2.05) is 0 Å². The molecule has 2 rings (SSSR count). The van der Waals surface area contributed by atoms with E-state index in [9.17, 15) is 0 Å². The third-order valence-corrected chi connectivity index (χ3v) is 2.94. The van der Waals surface area contributed by atoms with Crippen molar-refractivity contribution in [3.63, 3.8) is 0 Å². The number of hydrogen-bond donors (Lipinski definition) is 2. The summed E-state index contributed by atoms with van der Waals surface area (Å²) in [6.07, 6.45) is 2.33. The summed E-state index contributed by atoms with van der Waals surface area (Å²) in [6.45, 7) is 3.20. The Morgan fingerprint density at radius 1 is 1.29 bits per heavy atom. The van der Waals surface area contributed by atoms with Crippen LogP contribution in [0.4, 0.5) is 0 Å². The first-order chi connectivity index (χ1) is 6.77. The molecule has 1 aliphatic heterocycles. The third kappa shape index (κ3) is 1.97. The Labute approximate surface area is 85.5 Å². The van der Waals surface area contributed by atoms with Crippen molar-refractivity contribution in [2.24, 2.45) is 5.73 Å². The van der Waals surface area contributed by atoms with E-state index < -0.39 is 0 Å². The SMILES string of the molecule is Cc1ccc([C@H]2NCCC[C@H]2N)cc1. The van der Waals surface area contributed by atoms with Crippen LogP contribution in [-0.4, -0.2) is 12.6 Å². The van der Waals surface area contributed by atoms with E-state index in [0.29, 0.717) is 6.04 Å². The van der Waals surface area contributed by atoms with Crippen LogP contribution in [0.15, 0.2) is 24.3 Å². The predicted molar refractivity (Wildman–Crippen MR) is 59.1 cm³/mol. The fourth-order valence-electron chi connectivity index (χ4n) is 2.05. The summed E-state index contributed by atoms with van der Waals surface area (Å²) in [4.78, 5) is 0. The van der Waals surface area contributed by atoms with Crippen molar-refractivity contribution < 1.29 is 0 Å². The molecule has 1 fully saturated rings. The Hall–Kier alpha value is -0.860. The van der Waals surface area contributed by atoms with Crippen molar-refractivity contribution in [1.29, 1.82) is 0 Å². The van der Waals surface area contributed by atoms with E-state index in [-0.39, 0.29) is 6.04 Å². The predicted octanol–water partition coefficient (Wildman–Crippen LogP) is 1.75. The molecule has 0 amide bonds. The molecule has 2 atom stereocenters. The van der Waals surface area contributed by atoms with Gasteiger partial charge in [0.2, 0.25) is 0 Å². The summed E-state index contributed by atoms with van der Waals surface area (Å²) < 4.78 is 0. The minimum Gasteiger partial charge on any atom is -0.326 e. The van der Waals surface area contributed by atoms with Gasteiger partial charge in [0.15, 0.2) is 0 Å². The molecular weight excluding hydrogens is 172 g/mol. The molecule has 1 aromatic carbocycles. The number of nitrogens with one attached hydrogen (secondary N) is 1. The molecule has 76 valence electrons. The first kappa shape index (κ1) is 9.69. The average Bonchev–Trinajstić information content (AvgIpc) is 2.20. The van der Waals surface area contributed by atoms with Gasteiger partial charge in [-0.05, 0) is 31.9 Å². The molecule has 2 nitrogen and oxygen atoms in total. The summed E-state index contributed by atoms with van der Waals surface area (Å²) in [5.41, 5.74) is 8.71. The van der Waals surface area contributed by atoms with Gasteiger partial charge in [0.25, 0.3) is 0 Å². The summed E-state index contributed by atoms with van der Waals surface area (Å²) in [5.74, 6) is 0. The number of nitrogens with two attached hydrogens (primary N) is 1. The van der Waals surface area contributed by atoms with Gasteiger partial charge in [0, 0.05) is 12.1 Å². The lowest BCUT2D eigenvalue weighted by Gasteiger charge is -2.30. The van der Waals surface area contributed by atoms with E-state index in [2.05, 4.69) is 36.5 Å². The standard InChI is InChI=1S/C12H18N2/c1-9-4-6-10(7-5-9)12-11(13)3-2-8-14-12/h4-7,11-12,14H,2-3,8,13H2,1H3/t11-,12-/m1/s1. The lowest BCUT2D eigenvalue weighted by Crippen LogP contribution is -2.42. The Bertz CT molecular complexity index is 292. The van der Waals surface area contributed by atoms with Crippen molar-refractivity contribution in [1.82, 2.24) is 5.32 Å². The largest absolute Gasteiger partial charge is 0.326 e. The van der Waals surface area contributed by atoms with Gasteiger partial charge in [0.1, 0.15) is 0 Å². The molecule has 0 aromatic heterocycles. The smallest absolute Gasteiger partial charge is 0.0473 e. The molecule has 0 radical (unpaired) electrons. The monoisotopic (exact) mass is 190 g/mol. The first-order valence-electron chi connectivity index (χ1n) is 5.33. The van der Waals surface area contributed by atoms with Crippen LogP contribution in [0.5, 0.6) is 0 Å². The van der Waals surface area contributed by atoms with Gasteiger partial charge in [0.05, 0.1) is 0 Å². The van der Waals surface area contributed by atoms with Crippen molar-refractivity contribution >= 4 is 0 Å². The Kier molecular flexibility index (Phi) is 2.85. The van der Waals surface area contributed by atoms with Crippen molar-refractivity contribution in [3.05, 3.63) is 35.4 Å². The lowest BCUT2D eigenvalue weighted by molar-refractivity contribution is 0.358. The molecule has 1 saturated heterocycles. The van der Waals surface area contributed by atoms with Gasteiger partial charge < -0.3 is 11.1 Å². The van der Waals surface area contributed by atoms with Crippen LogP contribution < -0.4 is 11.1 Å². The highest BCUT2D eigenvalue weighted by molar-refractivity contribution is 5.25. The van der Waals surface area contributed by atoms with Crippen LogP contribution in [0.2, 0.25) is 0 Å². The van der Waals surface area contributed by atoms with E-state index in [4.69, 9.17) is 5.73 Å². The first-order valence-corrected chi connectivity index (χ1v) is 5.33. The minimum absolute atomic E-state index is 0.270. The van der Waals surface area contributed by atoms with E-state index in [1.54, 1.807) is 0 Å². The third-order valence-electron chi connectivity index (χ3n) is 2.94. The lowest BCUT2D eigenvalue weighted by atomic mass is 9.93. The summed E-state index contributed by atoms with van der Waals surface area (Å²) in [6, 6.07) is 9.28. The van der Waals surface area contributed by atoms with Gasteiger partial charge in [-0.2, -0.15) is 0 Å². The van der Waals surface area contributed by atoms with Crippen molar-refractivity contribution in [2.75, 3.05) is 6.54 Å². The van der Waals surface area contributed by atoms with Gasteiger partial charge in [-0.3, -0.25) is 0 Å². The molecule has 1 aromatic rings. The molecular formula is C12H18N2. The number of piperidine rings is 1. The highest BCUT2D eigenvalue weighted by Crippen LogP contribution is 2.22. The quantitative estimate of drug-likeness (QED) is 0.708. The van der Waals surface area contributed by atoms with Gasteiger partial charge in [-0.15, -0.1) is 0 Å². The van der Waals surface area contributed by atoms with E-state index in [1.165, 1.54) is 17.5 Å². The van der Waals surface area contributed by atoms with Crippen LogP contribution in [0, 0.1) is 6.92 Å². The summed E-state index contributed by atoms with van der Waals surface area (Å²) in [7, 11) is 0. The van der Waals surface area contributed by atoms with Crippen LogP contribution in [0.25, 0.3) is 0 Å². The molecule has 2 heteroatoms. The maximum absolute atomic E-state index is 6.09. The zero-order valence-corrected chi connectivity index (χ0v) is 8.66. The molecule has 14 heavy (non-hydrogen) atoms. The van der Waals surface area contributed by atoms with Crippen LogP contribution in [0.1, 0.15) is 30.0 Å². The molecule has 3 N–H and O–H groups in total. The number of rotatable bonds is 1. The highest BCUT2D eigenvalue weighted by atomic mass is 15.0. The minimum atomic E-state index is 0.270. The second-order valence-corrected chi connectivity index (χ2v) is 4.15. The Morgan fingerprint density at radius 2 is 2.00 bits per heavy atom. The highest BCUT2D eigenvalue weighted by Gasteiger charge is 2.22. The zero-order valence-electron chi connectivity index (χ0n) is 8.66. The topological polar surface area (TPSA) is 38.0 Å². The van der Waals surface area contributed by atoms with Gasteiger partial charge in [-0.25, -0.2) is 0 Å². The fraction of sp³-hybridized carbons (Fsp3) is 0.500. The normalized spacial score (nSPS) is 27.6. The number of benzene rings is 1. The second-order valence-electron chi connectivity index (χ2n) is 4.15. The molecule has 0 unspecified atom stereocenters. The van der Waals surface area contributed by atoms with Crippen molar-refractivity contribution in [3.8, 4) is 0 Å². The van der Waals surface area contributed by atoms with Crippen LogP contribution >= 0.6 is 0 Å². The Balaban J connectivity index is 2.16. The molecule has 0 bridgehead atoms. The fourth-order valence-corrected chi connectivity index (χ4v) is 2.05. The summed E-state index contributed by atoms with van der Waals surface area (Å²) >= 11 is 0. The van der Waals surface area contributed by atoms with E-state index >= 15 is 0 Å². The number of aryl methyl sites for hydroxylation is 1. The molecule has 0 aliphatic carbocycles. The molecule has 0 saturated carbocycles. The van der Waals surface area contributed by atoms with Gasteiger partial charge >= 0.3 is 0 Å². The average molecular weight is 190 g/mol. The molecule has 1 heterocycles. The maximum atomic E-state index is 6.09. The van der Waals surface area contributed by atoms with E-state index in [0.717, 1.165) is 13.0 Å². The number of hydrogen-bond acceptors (Lipinski definition) is 2. The van der Waals surface area contributed by atoms with Crippen LogP contribution in [0.3, 0.4) is 0 Å². The zero-order chi connectivity index (χ0) is 9.97. The summed E-state index contributed by atoms with van der Waals surface area (Å²) in [5, 5.41) is 3.48.